The maximum absolute atomic E-state index is 10.8. The number of benzene rings is 2. The lowest BCUT2D eigenvalue weighted by atomic mass is 10.2. The van der Waals surface area contributed by atoms with Crippen LogP contribution in [0.1, 0.15) is 6.92 Å². The van der Waals surface area contributed by atoms with Gasteiger partial charge in [-0.2, -0.15) is 0 Å². The Morgan fingerprint density at radius 1 is 1.00 bits per heavy atom. The second kappa shape index (κ2) is 6.38. The van der Waals surface area contributed by atoms with Gasteiger partial charge < -0.3 is 10.6 Å². The van der Waals surface area contributed by atoms with Crippen LogP contribution >= 0.6 is 0 Å². The van der Waals surface area contributed by atoms with Gasteiger partial charge in [-0.25, -0.2) is 4.79 Å². The molecule has 2 aromatic carbocycles. The van der Waals surface area contributed by atoms with E-state index in [1.807, 2.05) is 60.7 Å². The largest absolute Gasteiger partial charge is 0.366 e. The van der Waals surface area contributed by atoms with Gasteiger partial charge in [0.1, 0.15) is 0 Å². The molecule has 0 aliphatic rings. The third-order valence-electron chi connectivity index (χ3n) is 2.53. The maximum Gasteiger partial charge on any atom is 0.332 e. The van der Waals surface area contributed by atoms with E-state index in [0.29, 0.717) is 0 Å². The maximum atomic E-state index is 10.8. The fraction of sp³-hybridized carbons (Fsp3) is 0.0667. The molecular weight excluding hydrogens is 254 g/mol. The molecule has 0 aromatic heterocycles. The van der Waals surface area contributed by atoms with Crippen LogP contribution < -0.4 is 10.6 Å². The highest BCUT2D eigenvalue weighted by molar-refractivity contribution is 6.01. The second-order valence-electron chi connectivity index (χ2n) is 4.04. The van der Waals surface area contributed by atoms with E-state index in [2.05, 4.69) is 9.99 Å². The smallest absolute Gasteiger partial charge is 0.332 e. The van der Waals surface area contributed by atoms with Crippen LogP contribution in [0.5, 0.6) is 0 Å². The van der Waals surface area contributed by atoms with E-state index >= 15 is 0 Å². The summed E-state index contributed by atoms with van der Waals surface area (Å²) in [4.78, 5) is 17.1. The van der Waals surface area contributed by atoms with Gasteiger partial charge in [-0.05, 0) is 29.4 Å². The molecule has 2 aromatic rings. The van der Waals surface area contributed by atoms with Crippen molar-refractivity contribution in [2.45, 2.75) is 6.92 Å². The number of para-hydroxylation sites is 2. The molecule has 20 heavy (non-hydrogen) atoms. The fourth-order valence-electron chi connectivity index (χ4n) is 1.72. The van der Waals surface area contributed by atoms with Gasteiger partial charge in [0.05, 0.1) is 0 Å². The molecule has 0 radical (unpaired) electrons. The molecule has 0 unspecified atom stereocenters. The molecule has 2 N–H and O–H groups in total. The molecule has 0 aliphatic carbocycles. The van der Waals surface area contributed by atoms with Gasteiger partial charge in [-0.3, -0.25) is 4.90 Å². The Labute approximate surface area is 117 Å². The first-order chi connectivity index (χ1) is 9.68. The molecule has 5 heteroatoms. The number of carbonyl (C=O) groups is 1. The molecular formula is C15H15N3O2. The summed E-state index contributed by atoms with van der Waals surface area (Å²) in [6, 6.07) is 19.0. The number of hydrogen-bond acceptors (Lipinski definition) is 3. The lowest BCUT2D eigenvalue weighted by Crippen LogP contribution is -2.33. The zero-order valence-electron chi connectivity index (χ0n) is 11.1. The van der Waals surface area contributed by atoms with Crippen molar-refractivity contribution >= 4 is 23.3 Å². The topological polar surface area (TPSA) is 67.9 Å². The van der Waals surface area contributed by atoms with Crippen LogP contribution in [-0.4, -0.2) is 11.9 Å². The van der Waals surface area contributed by atoms with Crippen molar-refractivity contribution in [3.8, 4) is 0 Å². The third kappa shape index (κ3) is 3.35. The molecule has 0 bridgehead atoms. The molecule has 5 nitrogen and oxygen atoms in total. The Kier molecular flexibility index (Phi) is 4.34. The minimum atomic E-state index is -0.519. The number of guanidine groups is 1. The molecule has 0 heterocycles. The first-order valence-corrected chi connectivity index (χ1v) is 6.10. The summed E-state index contributed by atoms with van der Waals surface area (Å²) in [7, 11) is 0. The average molecular weight is 269 g/mol. The van der Waals surface area contributed by atoms with Crippen LogP contribution in [0.3, 0.4) is 0 Å². The van der Waals surface area contributed by atoms with Crippen LogP contribution in [-0.2, 0) is 9.63 Å². The van der Waals surface area contributed by atoms with E-state index in [1.54, 1.807) is 4.90 Å². The van der Waals surface area contributed by atoms with Crippen molar-refractivity contribution in [3.63, 3.8) is 0 Å². The molecule has 0 saturated carbocycles. The summed E-state index contributed by atoms with van der Waals surface area (Å²) in [6.45, 7) is 1.27. The van der Waals surface area contributed by atoms with Crippen molar-refractivity contribution in [3.05, 3.63) is 60.7 Å². The third-order valence-corrected chi connectivity index (χ3v) is 2.53. The van der Waals surface area contributed by atoms with Gasteiger partial charge in [0, 0.05) is 18.3 Å². The number of hydrogen-bond donors (Lipinski definition) is 1. The molecule has 102 valence electrons. The Bertz CT molecular complexity index is 558. The van der Waals surface area contributed by atoms with Crippen LogP contribution in [0.4, 0.5) is 11.4 Å². The van der Waals surface area contributed by atoms with Crippen molar-refractivity contribution in [2.24, 2.45) is 10.9 Å². The SMILES string of the molecule is CC(=O)O/N=C(\N)N(c1ccccc1)c1ccccc1. The Balaban J connectivity index is 2.40. The lowest BCUT2D eigenvalue weighted by Gasteiger charge is -2.22. The molecule has 0 amide bonds. The van der Waals surface area contributed by atoms with Gasteiger partial charge in [-0.15, -0.1) is 0 Å². The van der Waals surface area contributed by atoms with Gasteiger partial charge in [0.15, 0.2) is 0 Å². The zero-order chi connectivity index (χ0) is 14.4. The molecule has 0 atom stereocenters. The zero-order valence-corrected chi connectivity index (χ0v) is 11.1. The Hall–Kier alpha value is -2.82. The van der Waals surface area contributed by atoms with Gasteiger partial charge >= 0.3 is 5.97 Å². The summed E-state index contributed by atoms with van der Waals surface area (Å²) in [5, 5.41) is 3.65. The Morgan fingerprint density at radius 3 is 1.85 bits per heavy atom. The highest BCUT2D eigenvalue weighted by Gasteiger charge is 2.13. The quantitative estimate of drug-likeness (QED) is 0.402. The molecule has 0 saturated heterocycles. The normalized spacial score (nSPS) is 10.9. The molecule has 0 aliphatic heterocycles. The average Bonchev–Trinajstić information content (AvgIpc) is 2.48. The molecule has 2 rings (SSSR count). The van der Waals surface area contributed by atoms with Crippen LogP contribution in [0.15, 0.2) is 65.8 Å². The van der Waals surface area contributed by atoms with E-state index in [1.165, 1.54) is 6.92 Å². The van der Waals surface area contributed by atoms with E-state index in [-0.39, 0.29) is 5.96 Å². The molecule has 0 spiro atoms. The predicted octanol–water partition coefficient (Wildman–Crippen LogP) is 2.62. The molecule has 0 fully saturated rings. The fourth-order valence-corrected chi connectivity index (χ4v) is 1.72. The second-order valence-corrected chi connectivity index (χ2v) is 4.04. The first kappa shape index (κ1) is 13.6. The first-order valence-electron chi connectivity index (χ1n) is 6.10. The number of oxime groups is 1. The highest BCUT2D eigenvalue weighted by Crippen LogP contribution is 2.24. The van der Waals surface area contributed by atoms with Gasteiger partial charge in [-0.1, -0.05) is 36.4 Å². The van der Waals surface area contributed by atoms with E-state index in [4.69, 9.17) is 5.73 Å². The van der Waals surface area contributed by atoms with E-state index < -0.39 is 5.97 Å². The summed E-state index contributed by atoms with van der Waals surface area (Å²) >= 11 is 0. The standard InChI is InChI=1S/C15H15N3O2/c1-12(19)20-17-15(16)18(13-8-4-2-5-9-13)14-10-6-3-7-11-14/h2-11H,1H3,(H2,16,17). The predicted molar refractivity (Wildman–Crippen MR) is 78.4 cm³/mol. The lowest BCUT2D eigenvalue weighted by molar-refractivity contribution is -0.140. The number of nitrogens with zero attached hydrogens (tertiary/aromatic N) is 2. The summed E-state index contributed by atoms with van der Waals surface area (Å²) < 4.78 is 0. The summed E-state index contributed by atoms with van der Waals surface area (Å²) in [5.74, 6) is -0.438. The van der Waals surface area contributed by atoms with Crippen LogP contribution in [0.2, 0.25) is 0 Å². The summed E-state index contributed by atoms with van der Waals surface area (Å²) in [6.07, 6.45) is 0. The summed E-state index contributed by atoms with van der Waals surface area (Å²) in [5.41, 5.74) is 7.58. The minimum Gasteiger partial charge on any atom is -0.366 e. The van der Waals surface area contributed by atoms with E-state index in [9.17, 15) is 4.79 Å². The van der Waals surface area contributed by atoms with Gasteiger partial charge in [0.25, 0.3) is 0 Å². The number of nitrogens with two attached hydrogens (primary N) is 1. The minimum absolute atomic E-state index is 0.0811. The van der Waals surface area contributed by atoms with E-state index in [0.717, 1.165) is 11.4 Å². The van der Waals surface area contributed by atoms with Crippen molar-refractivity contribution < 1.29 is 9.63 Å². The number of rotatable bonds is 3. The highest BCUT2D eigenvalue weighted by atomic mass is 16.7. The Morgan fingerprint density at radius 2 is 1.45 bits per heavy atom. The van der Waals surface area contributed by atoms with Gasteiger partial charge in [0.2, 0.25) is 5.96 Å². The monoisotopic (exact) mass is 269 g/mol. The number of anilines is 2. The van der Waals surface area contributed by atoms with Crippen molar-refractivity contribution in [1.29, 1.82) is 0 Å². The van der Waals surface area contributed by atoms with Crippen molar-refractivity contribution in [2.75, 3.05) is 4.90 Å². The van der Waals surface area contributed by atoms with Crippen LogP contribution in [0.25, 0.3) is 0 Å². The van der Waals surface area contributed by atoms with Crippen molar-refractivity contribution in [1.82, 2.24) is 0 Å². The number of carbonyl (C=O) groups excluding carboxylic acids is 1. The van der Waals surface area contributed by atoms with Crippen LogP contribution in [0, 0.1) is 0 Å².